The van der Waals surface area contributed by atoms with Gasteiger partial charge in [0.15, 0.2) is 0 Å². The maximum Gasteiger partial charge on any atom is 0.289 e. The van der Waals surface area contributed by atoms with Crippen molar-refractivity contribution in [2.45, 2.75) is 13.8 Å². The van der Waals surface area contributed by atoms with Gasteiger partial charge in [-0.05, 0) is 49.7 Å². The van der Waals surface area contributed by atoms with Crippen LogP contribution in [0.4, 0.5) is 5.69 Å². The molecule has 1 aromatic heterocycles. The molecule has 2 N–H and O–H groups in total. The molecule has 3 rings (SSSR count). The Bertz CT molecular complexity index is 975. The van der Waals surface area contributed by atoms with E-state index >= 15 is 0 Å². The average Bonchev–Trinajstić information content (AvgIpc) is 3.26. The minimum atomic E-state index is -0.366. The fraction of sp³-hybridized carbons (Fsp3) is 0.227. The SMILES string of the molecule is CCN(CC)c1ccc(/C=N\NC(=O)c2cc(-c3ccccc3OC)n[nH]2)cc1. The lowest BCUT2D eigenvalue weighted by molar-refractivity contribution is 0.0950. The van der Waals surface area contributed by atoms with E-state index in [1.807, 2.05) is 48.5 Å². The van der Waals surface area contributed by atoms with E-state index in [4.69, 9.17) is 4.74 Å². The first-order valence-electron chi connectivity index (χ1n) is 9.53. The second kappa shape index (κ2) is 9.54. The highest BCUT2D eigenvalue weighted by Crippen LogP contribution is 2.28. The summed E-state index contributed by atoms with van der Waals surface area (Å²) in [6, 6.07) is 17.2. The van der Waals surface area contributed by atoms with Gasteiger partial charge in [-0.25, -0.2) is 5.43 Å². The highest BCUT2D eigenvalue weighted by Gasteiger charge is 2.13. The summed E-state index contributed by atoms with van der Waals surface area (Å²) in [5, 5.41) is 11.0. The van der Waals surface area contributed by atoms with E-state index in [-0.39, 0.29) is 5.91 Å². The number of methoxy groups -OCH3 is 1. The molecule has 0 radical (unpaired) electrons. The Morgan fingerprint density at radius 3 is 2.59 bits per heavy atom. The van der Waals surface area contributed by atoms with Gasteiger partial charge in [-0.3, -0.25) is 9.89 Å². The summed E-state index contributed by atoms with van der Waals surface area (Å²) in [7, 11) is 1.60. The topological polar surface area (TPSA) is 82.6 Å². The number of carbonyl (C=O) groups is 1. The summed E-state index contributed by atoms with van der Waals surface area (Å²) in [6.45, 7) is 6.17. The molecule has 0 aliphatic carbocycles. The van der Waals surface area contributed by atoms with Crippen molar-refractivity contribution in [2.24, 2.45) is 5.10 Å². The summed E-state index contributed by atoms with van der Waals surface area (Å²) < 4.78 is 5.34. The molecule has 7 nitrogen and oxygen atoms in total. The van der Waals surface area contributed by atoms with Gasteiger partial charge < -0.3 is 9.64 Å². The largest absolute Gasteiger partial charge is 0.496 e. The number of ether oxygens (including phenoxy) is 1. The molecule has 0 atom stereocenters. The van der Waals surface area contributed by atoms with E-state index < -0.39 is 0 Å². The monoisotopic (exact) mass is 391 g/mol. The van der Waals surface area contributed by atoms with Gasteiger partial charge in [-0.1, -0.05) is 24.3 Å². The summed E-state index contributed by atoms with van der Waals surface area (Å²) in [5.41, 5.74) is 6.34. The number of hydrogen-bond donors (Lipinski definition) is 2. The van der Waals surface area contributed by atoms with E-state index in [0.29, 0.717) is 17.1 Å². The van der Waals surface area contributed by atoms with Crippen LogP contribution in [0.1, 0.15) is 29.9 Å². The van der Waals surface area contributed by atoms with Crippen LogP contribution in [0, 0.1) is 0 Å². The van der Waals surface area contributed by atoms with Crippen LogP contribution in [0.3, 0.4) is 0 Å². The van der Waals surface area contributed by atoms with Crippen LogP contribution in [0.5, 0.6) is 5.75 Å². The first-order valence-corrected chi connectivity index (χ1v) is 9.53. The van der Waals surface area contributed by atoms with Crippen LogP contribution in [0.25, 0.3) is 11.3 Å². The highest BCUT2D eigenvalue weighted by atomic mass is 16.5. The van der Waals surface area contributed by atoms with Gasteiger partial charge in [0.25, 0.3) is 5.91 Å². The number of nitrogens with zero attached hydrogens (tertiary/aromatic N) is 3. The number of amides is 1. The van der Waals surface area contributed by atoms with Gasteiger partial charge >= 0.3 is 0 Å². The van der Waals surface area contributed by atoms with Gasteiger partial charge in [-0.15, -0.1) is 0 Å². The van der Waals surface area contributed by atoms with E-state index in [1.165, 1.54) is 0 Å². The number of hydrazone groups is 1. The molecule has 0 aliphatic rings. The minimum Gasteiger partial charge on any atom is -0.496 e. The first-order chi connectivity index (χ1) is 14.2. The fourth-order valence-corrected chi connectivity index (χ4v) is 3.02. The van der Waals surface area contributed by atoms with Crippen LogP contribution in [-0.2, 0) is 0 Å². The molecule has 0 saturated heterocycles. The molecule has 1 heterocycles. The Balaban J connectivity index is 1.63. The minimum absolute atomic E-state index is 0.319. The first kappa shape index (κ1) is 20.1. The zero-order valence-corrected chi connectivity index (χ0v) is 16.8. The molecule has 0 spiro atoms. The Kier molecular flexibility index (Phi) is 6.63. The van der Waals surface area contributed by atoms with Crippen molar-refractivity contribution in [3.8, 4) is 17.0 Å². The fourth-order valence-electron chi connectivity index (χ4n) is 3.02. The lowest BCUT2D eigenvalue weighted by Crippen LogP contribution is -2.21. The summed E-state index contributed by atoms with van der Waals surface area (Å²) in [6.07, 6.45) is 1.61. The lowest BCUT2D eigenvalue weighted by atomic mass is 10.1. The van der Waals surface area contributed by atoms with Crippen molar-refractivity contribution in [2.75, 3.05) is 25.1 Å². The Morgan fingerprint density at radius 1 is 1.17 bits per heavy atom. The van der Waals surface area contributed by atoms with Gasteiger partial charge in [0.1, 0.15) is 11.4 Å². The van der Waals surface area contributed by atoms with E-state index in [1.54, 1.807) is 19.4 Å². The molecule has 1 amide bonds. The average molecular weight is 391 g/mol. The molecular formula is C22H25N5O2. The van der Waals surface area contributed by atoms with Gasteiger partial charge in [0, 0.05) is 24.3 Å². The molecular weight excluding hydrogens is 366 g/mol. The van der Waals surface area contributed by atoms with Crippen LogP contribution in [0.2, 0.25) is 0 Å². The maximum atomic E-state index is 12.3. The van der Waals surface area contributed by atoms with Crippen LogP contribution >= 0.6 is 0 Å². The third-order valence-corrected chi connectivity index (χ3v) is 4.61. The van der Waals surface area contributed by atoms with Crippen LogP contribution in [0.15, 0.2) is 59.7 Å². The highest BCUT2D eigenvalue weighted by molar-refractivity contribution is 5.94. The number of H-pyrrole nitrogens is 1. The van der Waals surface area contributed by atoms with Crippen molar-refractivity contribution in [3.63, 3.8) is 0 Å². The number of anilines is 1. The van der Waals surface area contributed by atoms with Crippen molar-refractivity contribution in [1.29, 1.82) is 0 Å². The molecule has 150 valence electrons. The molecule has 2 aromatic carbocycles. The lowest BCUT2D eigenvalue weighted by Gasteiger charge is -2.20. The third-order valence-electron chi connectivity index (χ3n) is 4.61. The number of rotatable bonds is 8. The van der Waals surface area contributed by atoms with Gasteiger partial charge in [0.2, 0.25) is 0 Å². The van der Waals surface area contributed by atoms with Gasteiger partial charge in [-0.2, -0.15) is 10.2 Å². The standard InChI is InChI=1S/C22H25N5O2/c1-4-27(5-2)17-12-10-16(11-13-17)15-23-26-22(28)20-14-19(24-25-20)18-8-6-7-9-21(18)29-3/h6-15H,4-5H2,1-3H3,(H,24,25)(H,26,28)/b23-15-. The van der Waals surface area contributed by atoms with Crippen LogP contribution in [-0.4, -0.2) is 42.5 Å². The smallest absolute Gasteiger partial charge is 0.289 e. The summed E-state index contributed by atoms with van der Waals surface area (Å²) in [5.74, 6) is 0.326. The number of aromatic amines is 1. The van der Waals surface area contributed by atoms with Crippen molar-refractivity contribution < 1.29 is 9.53 Å². The summed E-state index contributed by atoms with van der Waals surface area (Å²) in [4.78, 5) is 14.6. The second-order valence-electron chi connectivity index (χ2n) is 6.33. The molecule has 3 aromatic rings. The van der Waals surface area contributed by atoms with E-state index in [9.17, 15) is 4.79 Å². The number of nitrogens with one attached hydrogen (secondary N) is 2. The number of carbonyl (C=O) groups excluding carboxylic acids is 1. The predicted molar refractivity (Wildman–Crippen MR) is 116 cm³/mol. The zero-order valence-electron chi connectivity index (χ0n) is 16.8. The normalized spacial score (nSPS) is 10.9. The number of para-hydroxylation sites is 1. The number of benzene rings is 2. The van der Waals surface area contributed by atoms with E-state index in [0.717, 1.165) is 29.9 Å². The Morgan fingerprint density at radius 2 is 1.90 bits per heavy atom. The van der Waals surface area contributed by atoms with Crippen molar-refractivity contribution in [3.05, 3.63) is 65.9 Å². The summed E-state index contributed by atoms with van der Waals surface area (Å²) >= 11 is 0. The number of aromatic nitrogens is 2. The molecule has 0 saturated carbocycles. The quantitative estimate of drug-likeness (QED) is 0.453. The zero-order chi connectivity index (χ0) is 20.6. The Hall–Kier alpha value is -3.61. The third kappa shape index (κ3) is 4.82. The van der Waals surface area contributed by atoms with Crippen LogP contribution < -0.4 is 15.1 Å². The Labute approximate surface area is 170 Å². The predicted octanol–water partition coefficient (Wildman–Crippen LogP) is 3.70. The molecule has 29 heavy (non-hydrogen) atoms. The second-order valence-corrected chi connectivity index (χ2v) is 6.33. The molecule has 0 unspecified atom stereocenters. The maximum absolute atomic E-state index is 12.3. The number of hydrogen-bond acceptors (Lipinski definition) is 5. The molecule has 0 aliphatic heterocycles. The molecule has 7 heteroatoms. The van der Waals surface area contributed by atoms with E-state index in [2.05, 4.69) is 39.5 Å². The van der Waals surface area contributed by atoms with Gasteiger partial charge in [0.05, 0.1) is 19.0 Å². The van der Waals surface area contributed by atoms with Crippen molar-refractivity contribution in [1.82, 2.24) is 15.6 Å². The van der Waals surface area contributed by atoms with Crippen molar-refractivity contribution >= 4 is 17.8 Å². The molecule has 0 fully saturated rings. The molecule has 0 bridgehead atoms.